The van der Waals surface area contributed by atoms with Crippen LogP contribution in [0.5, 0.6) is 0 Å². The molecule has 1 heterocycles. The van der Waals surface area contributed by atoms with Crippen molar-refractivity contribution in [3.63, 3.8) is 0 Å². The summed E-state index contributed by atoms with van der Waals surface area (Å²) in [6, 6.07) is 0. The van der Waals surface area contributed by atoms with Gasteiger partial charge in [-0.05, 0) is 19.3 Å². The van der Waals surface area contributed by atoms with Crippen molar-refractivity contribution in [2.24, 2.45) is 0 Å². The first-order valence-corrected chi connectivity index (χ1v) is 6.81. The number of aryl methyl sites for hydroxylation is 2. The third-order valence-corrected chi connectivity index (χ3v) is 3.12. The Bertz CT molecular complexity index is 380. The number of rotatable bonds is 7. The molecule has 0 N–H and O–H groups in total. The summed E-state index contributed by atoms with van der Waals surface area (Å²) in [7, 11) is 0. The average molecular weight is 236 g/mol. The van der Waals surface area contributed by atoms with Crippen LogP contribution in [0.2, 0.25) is 0 Å². The van der Waals surface area contributed by atoms with Crippen molar-refractivity contribution in [2.75, 3.05) is 0 Å². The van der Waals surface area contributed by atoms with Crippen LogP contribution in [-0.4, -0.2) is 15.6 Å². The third kappa shape index (κ3) is 2.96. The monoisotopic (exact) mass is 236 g/mol. The summed E-state index contributed by atoms with van der Waals surface area (Å²) in [5.41, 5.74) is 3.00. The minimum Gasteiger partial charge on any atom is -0.294 e. The molecule has 0 bridgehead atoms. The van der Waals surface area contributed by atoms with Gasteiger partial charge in [0.05, 0.1) is 11.3 Å². The van der Waals surface area contributed by atoms with Crippen LogP contribution in [0.15, 0.2) is 0 Å². The maximum Gasteiger partial charge on any atom is 0.166 e. The lowest BCUT2D eigenvalue weighted by molar-refractivity contribution is 0.0986. The largest absolute Gasteiger partial charge is 0.294 e. The van der Waals surface area contributed by atoms with Gasteiger partial charge < -0.3 is 0 Å². The molecule has 0 aromatic carbocycles. The Balaban J connectivity index is 3.15. The number of hydrogen-bond donors (Lipinski definition) is 0. The zero-order chi connectivity index (χ0) is 12.8. The summed E-state index contributed by atoms with van der Waals surface area (Å²) in [6.45, 7) is 9.20. The molecule has 1 aromatic heterocycles. The Kier molecular flexibility index (Phi) is 5.39. The molecule has 0 radical (unpaired) electrons. The van der Waals surface area contributed by atoms with Gasteiger partial charge in [0.25, 0.3) is 0 Å². The molecule has 0 amide bonds. The normalized spacial score (nSPS) is 10.8. The minimum absolute atomic E-state index is 0.237. The van der Waals surface area contributed by atoms with Gasteiger partial charge >= 0.3 is 0 Å². The summed E-state index contributed by atoms with van der Waals surface area (Å²) in [5.74, 6) is 0.237. The van der Waals surface area contributed by atoms with Crippen LogP contribution in [0.3, 0.4) is 0 Å². The summed E-state index contributed by atoms with van der Waals surface area (Å²) in [4.78, 5) is 12.0. The van der Waals surface area contributed by atoms with E-state index in [0.717, 1.165) is 49.2 Å². The highest BCUT2D eigenvalue weighted by molar-refractivity contribution is 5.98. The van der Waals surface area contributed by atoms with E-state index in [1.807, 2.05) is 11.6 Å². The summed E-state index contributed by atoms with van der Waals surface area (Å²) < 4.78 is 2.05. The van der Waals surface area contributed by atoms with Crippen molar-refractivity contribution >= 4 is 5.78 Å². The molecular weight excluding hydrogens is 212 g/mol. The predicted molar refractivity (Wildman–Crippen MR) is 70.5 cm³/mol. The van der Waals surface area contributed by atoms with Gasteiger partial charge in [-0.2, -0.15) is 5.10 Å². The Morgan fingerprint density at radius 1 is 1.18 bits per heavy atom. The van der Waals surface area contributed by atoms with E-state index < -0.39 is 0 Å². The molecular formula is C14H24N2O. The van der Waals surface area contributed by atoms with Gasteiger partial charge in [0.15, 0.2) is 5.78 Å². The van der Waals surface area contributed by atoms with Crippen LogP contribution in [0.4, 0.5) is 0 Å². The zero-order valence-electron chi connectivity index (χ0n) is 11.5. The average Bonchev–Trinajstić information content (AvgIpc) is 2.72. The first-order valence-electron chi connectivity index (χ1n) is 6.81. The fraction of sp³-hybridized carbons (Fsp3) is 0.714. The second-order valence-electron chi connectivity index (χ2n) is 4.33. The van der Waals surface area contributed by atoms with Crippen molar-refractivity contribution in [3.8, 4) is 0 Å². The standard InChI is InChI=1S/C14H24N2O/c1-5-9-10-16-12(7-3)14(13(17)8-4)11(6-2)15-16/h5-10H2,1-4H3. The summed E-state index contributed by atoms with van der Waals surface area (Å²) >= 11 is 0. The Hall–Kier alpha value is -1.12. The number of nitrogens with zero attached hydrogens (tertiary/aromatic N) is 2. The van der Waals surface area contributed by atoms with E-state index in [4.69, 9.17) is 0 Å². The van der Waals surface area contributed by atoms with Crippen molar-refractivity contribution in [2.45, 2.75) is 66.3 Å². The number of ketones is 1. The van der Waals surface area contributed by atoms with Crippen LogP contribution in [0, 0.1) is 0 Å². The van der Waals surface area contributed by atoms with Gasteiger partial charge in [0.1, 0.15) is 0 Å². The van der Waals surface area contributed by atoms with Crippen LogP contribution < -0.4 is 0 Å². The summed E-state index contributed by atoms with van der Waals surface area (Å²) in [6.07, 6.45) is 4.57. The Labute approximate surface area is 104 Å². The molecule has 0 atom stereocenters. The maximum atomic E-state index is 12.0. The van der Waals surface area contributed by atoms with Gasteiger partial charge in [-0.1, -0.05) is 34.1 Å². The molecule has 0 saturated carbocycles. The number of hydrogen-bond acceptors (Lipinski definition) is 2. The van der Waals surface area contributed by atoms with E-state index in [9.17, 15) is 4.79 Å². The molecule has 0 aliphatic rings. The molecule has 3 heteroatoms. The number of aromatic nitrogens is 2. The predicted octanol–water partition coefficient (Wildman–Crippen LogP) is 3.40. The van der Waals surface area contributed by atoms with Gasteiger partial charge in [-0.15, -0.1) is 0 Å². The SMILES string of the molecule is CCCCn1nc(CC)c(C(=O)CC)c1CC. The third-order valence-electron chi connectivity index (χ3n) is 3.12. The second-order valence-corrected chi connectivity index (χ2v) is 4.33. The van der Waals surface area contributed by atoms with E-state index in [2.05, 4.69) is 25.9 Å². The summed E-state index contributed by atoms with van der Waals surface area (Å²) in [5, 5.41) is 4.60. The molecule has 0 unspecified atom stereocenters. The molecule has 1 rings (SSSR count). The van der Waals surface area contributed by atoms with E-state index in [-0.39, 0.29) is 5.78 Å². The smallest absolute Gasteiger partial charge is 0.166 e. The zero-order valence-corrected chi connectivity index (χ0v) is 11.5. The fourth-order valence-corrected chi connectivity index (χ4v) is 2.15. The molecule has 0 aliphatic carbocycles. The molecule has 0 spiro atoms. The molecule has 0 fully saturated rings. The van der Waals surface area contributed by atoms with Gasteiger partial charge in [-0.3, -0.25) is 9.48 Å². The minimum atomic E-state index is 0.237. The van der Waals surface area contributed by atoms with Crippen molar-refractivity contribution < 1.29 is 4.79 Å². The first-order chi connectivity index (χ1) is 8.19. The quantitative estimate of drug-likeness (QED) is 0.680. The first kappa shape index (κ1) is 13.9. The van der Waals surface area contributed by atoms with Crippen molar-refractivity contribution in [3.05, 3.63) is 17.0 Å². The van der Waals surface area contributed by atoms with E-state index in [0.29, 0.717) is 6.42 Å². The molecule has 1 aromatic rings. The molecule has 3 nitrogen and oxygen atoms in total. The molecule has 17 heavy (non-hydrogen) atoms. The van der Waals surface area contributed by atoms with E-state index in [1.165, 1.54) is 0 Å². The Morgan fingerprint density at radius 2 is 1.88 bits per heavy atom. The van der Waals surface area contributed by atoms with Gasteiger partial charge in [0.2, 0.25) is 0 Å². The highest BCUT2D eigenvalue weighted by Gasteiger charge is 2.19. The molecule has 0 saturated heterocycles. The maximum absolute atomic E-state index is 12.0. The van der Waals surface area contributed by atoms with E-state index >= 15 is 0 Å². The fourth-order valence-electron chi connectivity index (χ4n) is 2.15. The number of carbonyl (C=O) groups is 1. The van der Waals surface area contributed by atoms with Crippen LogP contribution in [-0.2, 0) is 19.4 Å². The topological polar surface area (TPSA) is 34.9 Å². The Morgan fingerprint density at radius 3 is 2.35 bits per heavy atom. The van der Waals surface area contributed by atoms with Crippen molar-refractivity contribution in [1.29, 1.82) is 0 Å². The lowest BCUT2D eigenvalue weighted by Gasteiger charge is -2.06. The lowest BCUT2D eigenvalue weighted by atomic mass is 10.0. The number of unbranched alkanes of at least 4 members (excludes halogenated alkanes) is 1. The van der Waals surface area contributed by atoms with Gasteiger partial charge in [-0.25, -0.2) is 0 Å². The number of carbonyl (C=O) groups excluding carboxylic acids is 1. The highest BCUT2D eigenvalue weighted by atomic mass is 16.1. The van der Waals surface area contributed by atoms with Crippen molar-refractivity contribution in [1.82, 2.24) is 9.78 Å². The molecule has 0 aliphatic heterocycles. The molecule has 96 valence electrons. The van der Waals surface area contributed by atoms with Gasteiger partial charge in [0, 0.05) is 18.7 Å². The lowest BCUT2D eigenvalue weighted by Crippen LogP contribution is -2.07. The van der Waals surface area contributed by atoms with E-state index in [1.54, 1.807) is 0 Å². The van der Waals surface area contributed by atoms with Crippen LogP contribution in [0.25, 0.3) is 0 Å². The van der Waals surface area contributed by atoms with Crippen LogP contribution in [0.1, 0.15) is 68.7 Å². The van der Waals surface area contributed by atoms with Crippen LogP contribution >= 0.6 is 0 Å². The number of Topliss-reactive ketones (excluding diaryl/α,β-unsaturated/α-hetero) is 1. The highest BCUT2D eigenvalue weighted by Crippen LogP contribution is 2.19. The second kappa shape index (κ2) is 6.58.